The van der Waals surface area contributed by atoms with Crippen molar-refractivity contribution in [1.82, 2.24) is 0 Å². The monoisotopic (exact) mass is 516 g/mol. The molecule has 0 bridgehead atoms. The van der Waals surface area contributed by atoms with Crippen molar-refractivity contribution in [3.63, 3.8) is 0 Å². The Morgan fingerprint density at radius 3 is 1.11 bits per heavy atom. The van der Waals surface area contributed by atoms with Crippen LogP contribution >= 0.6 is 0 Å². The van der Waals surface area contributed by atoms with Crippen molar-refractivity contribution in [2.45, 2.75) is 122 Å². The second kappa shape index (κ2) is 26.4. The Balaban J connectivity index is 1.99. The second-order valence-corrected chi connectivity index (χ2v) is 10.5. The molecule has 1 aliphatic heterocycles. The Labute approximate surface area is 223 Å². The molecule has 0 radical (unpaired) electrons. The molecule has 0 N–H and O–H groups in total. The van der Waals surface area contributed by atoms with Gasteiger partial charge in [-0.2, -0.15) is 0 Å². The Bertz CT molecular complexity index is 418. The van der Waals surface area contributed by atoms with Crippen molar-refractivity contribution < 1.29 is 28.4 Å². The molecule has 0 unspecified atom stereocenters. The van der Waals surface area contributed by atoms with E-state index in [1.165, 1.54) is 96.3 Å². The van der Waals surface area contributed by atoms with E-state index in [1.54, 1.807) is 0 Å². The first-order chi connectivity index (χ1) is 17.8. The smallest absolute Gasteiger partial charge is 0.112 e. The third kappa shape index (κ3) is 22.9. The molecule has 0 spiro atoms. The lowest BCUT2D eigenvalue weighted by atomic mass is 10.0. The molecule has 6 heteroatoms. The van der Waals surface area contributed by atoms with E-state index in [9.17, 15) is 0 Å². The SMILES string of the molecule is CCCCCCCCCCCCCCCCCCOC1(C)COCCOCCOCCOCCOC1. The number of unbranched alkanes of at least 4 members (excludes halogenated alkanes) is 15. The van der Waals surface area contributed by atoms with Gasteiger partial charge in [0.1, 0.15) is 5.60 Å². The predicted molar refractivity (Wildman–Crippen MR) is 148 cm³/mol. The van der Waals surface area contributed by atoms with E-state index in [0.29, 0.717) is 66.1 Å². The van der Waals surface area contributed by atoms with Crippen molar-refractivity contribution >= 4 is 0 Å². The van der Waals surface area contributed by atoms with E-state index in [-0.39, 0.29) is 0 Å². The average Bonchev–Trinajstić information content (AvgIpc) is 2.87. The fraction of sp³-hybridized carbons (Fsp3) is 1.00. The number of rotatable bonds is 18. The first kappa shape index (κ1) is 33.8. The Kier molecular flexibility index (Phi) is 24.8. The first-order valence-electron chi connectivity index (χ1n) is 15.3. The van der Waals surface area contributed by atoms with Crippen LogP contribution in [-0.4, -0.2) is 78.3 Å². The zero-order valence-electron chi connectivity index (χ0n) is 24.0. The lowest BCUT2D eigenvalue weighted by Crippen LogP contribution is -2.40. The largest absolute Gasteiger partial charge is 0.377 e. The van der Waals surface area contributed by atoms with Crippen molar-refractivity contribution in [1.29, 1.82) is 0 Å². The Morgan fingerprint density at radius 2 is 0.750 bits per heavy atom. The van der Waals surface area contributed by atoms with Crippen LogP contribution in [0.5, 0.6) is 0 Å². The van der Waals surface area contributed by atoms with E-state index in [0.717, 1.165) is 13.0 Å². The van der Waals surface area contributed by atoms with Crippen molar-refractivity contribution in [3.05, 3.63) is 0 Å². The normalized spacial score (nSPS) is 18.8. The summed E-state index contributed by atoms with van der Waals surface area (Å²) in [6, 6.07) is 0. The summed E-state index contributed by atoms with van der Waals surface area (Å²) in [5.74, 6) is 0. The summed E-state index contributed by atoms with van der Waals surface area (Å²) >= 11 is 0. The highest BCUT2D eigenvalue weighted by Crippen LogP contribution is 2.16. The van der Waals surface area contributed by atoms with Gasteiger partial charge < -0.3 is 28.4 Å². The molecule has 0 amide bonds. The molecular formula is C30H60O6. The maximum Gasteiger partial charge on any atom is 0.112 e. The van der Waals surface area contributed by atoms with Crippen LogP contribution in [0.3, 0.4) is 0 Å². The van der Waals surface area contributed by atoms with Gasteiger partial charge in [-0.3, -0.25) is 0 Å². The van der Waals surface area contributed by atoms with Crippen LogP contribution in [0, 0.1) is 0 Å². The van der Waals surface area contributed by atoms with Crippen LogP contribution in [0.2, 0.25) is 0 Å². The first-order valence-corrected chi connectivity index (χ1v) is 15.3. The van der Waals surface area contributed by atoms with E-state index < -0.39 is 5.60 Å². The summed E-state index contributed by atoms with van der Waals surface area (Å²) in [4.78, 5) is 0. The van der Waals surface area contributed by atoms with Gasteiger partial charge in [0.15, 0.2) is 0 Å². The minimum absolute atomic E-state index is 0.435. The molecule has 1 saturated heterocycles. The molecular weight excluding hydrogens is 456 g/mol. The lowest BCUT2D eigenvalue weighted by molar-refractivity contribution is -0.135. The lowest BCUT2D eigenvalue weighted by Gasteiger charge is -2.29. The molecule has 216 valence electrons. The Morgan fingerprint density at radius 1 is 0.444 bits per heavy atom. The van der Waals surface area contributed by atoms with Gasteiger partial charge in [0.25, 0.3) is 0 Å². The predicted octanol–water partition coefficient (Wildman–Crippen LogP) is 7.12. The topological polar surface area (TPSA) is 55.4 Å². The summed E-state index contributed by atoms with van der Waals surface area (Å²) in [6.07, 6.45) is 22.0. The molecule has 1 heterocycles. The number of hydrogen-bond acceptors (Lipinski definition) is 6. The van der Waals surface area contributed by atoms with Gasteiger partial charge in [-0.05, 0) is 13.3 Å². The summed E-state index contributed by atoms with van der Waals surface area (Å²) in [7, 11) is 0. The molecule has 0 aromatic rings. The highest BCUT2D eigenvalue weighted by atomic mass is 16.6. The fourth-order valence-electron chi connectivity index (χ4n) is 4.45. The van der Waals surface area contributed by atoms with Gasteiger partial charge in [-0.15, -0.1) is 0 Å². The fourth-order valence-corrected chi connectivity index (χ4v) is 4.45. The Hall–Kier alpha value is -0.240. The van der Waals surface area contributed by atoms with Gasteiger partial charge >= 0.3 is 0 Å². The molecule has 0 saturated carbocycles. The van der Waals surface area contributed by atoms with E-state index >= 15 is 0 Å². The van der Waals surface area contributed by atoms with Crippen LogP contribution in [0.15, 0.2) is 0 Å². The number of hydrogen-bond donors (Lipinski definition) is 0. The standard InChI is InChI=1S/C30H60O6/c1-3-4-5-6-7-8-9-10-11-12-13-14-15-16-17-18-19-36-30(2)28-34-26-24-32-22-20-31-21-23-33-25-27-35-29-30/h3-29H2,1-2H3. The van der Waals surface area contributed by atoms with Gasteiger partial charge in [0.05, 0.1) is 66.1 Å². The average molecular weight is 517 g/mol. The minimum Gasteiger partial charge on any atom is -0.377 e. The van der Waals surface area contributed by atoms with Crippen molar-refractivity contribution in [2.75, 3.05) is 72.7 Å². The molecule has 0 aliphatic carbocycles. The van der Waals surface area contributed by atoms with Crippen molar-refractivity contribution in [2.24, 2.45) is 0 Å². The molecule has 1 fully saturated rings. The van der Waals surface area contributed by atoms with Crippen LogP contribution in [0.25, 0.3) is 0 Å². The summed E-state index contributed by atoms with van der Waals surface area (Å²) in [6.45, 7) is 10.7. The molecule has 1 rings (SSSR count). The van der Waals surface area contributed by atoms with Crippen LogP contribution < -0.4 is 0 Å². The van der Waals surface area contributed by atoms with Crippen LogP contribution in [-0.2, 0) is 28.4 Å². The van der Waals surface area contributed by atoms with Crippen molar-refractivity contribution in [3.8, 4) is 0 Å². The molecule has 1 aliphatic rings. The van der Waals surface area contributed by atoms with Gasteiger partial charge in [-0.1, -0.05) is 103 Å². The highest BCUT2D eigenvalue weighted by molar-refractivity contribution is 4.75. The molecule has 36 heavy (non-hydrogen) atoms. The van der Waals surface area contributed by atoms with E-state index in [2.05, 4.69) is 13.8 Å². The minimum atomic E-state index is -0.435. The van der Waals surface area contributed by atoms with Gasteiger partial charge in [0.2, 0.25) is 0 Å². The zero-order valence-corrected chi connectivity index (χ0v) is 24.0. The number of ether oxygens (including phenoxy) is 6. The van der Waals surface area contributed by atoms with E-state index in [4.69, 9.17) is 28.4 Å². The summed E-state index contributed by atoms with van der Waals surface area (Å²) in [5, 5.41) is 0. The zero-order chi connectivity index (χ0) is 25.8. The summed E-state index contributed by atoms with van der Waals surface area (Å²) in [5.41, 5.74) is -0.435. The summed E-state index contributed by atoms with van der Waals surface area (Å²) < 4.78 is 34.4. The third-order valence-electron chi connectivity index (χ3n) is 6.75. The second-order valence-electron chi connectivity index (χ2n) is 10.5. The maximum absolute atomic E-state index is 6.24. The maximum atomic E-state index is 6.24. The quantitative estimate of drug-likeness (QED) is 0.181. The third-order valence-corrected chi connectivity index (χ3v) is 6.75. The molecule has 0 aromatic heterocycles. The molecule has 0 atom stereocenters. The molecule has 0 aromatic carbocycles. The highest BCUT2D eigenvalue weighted by Gasteiger charge is 2.26. The molecule has 6 nitrogen and oxygen atoms in total. The van der Waals surface area contributed by atoms with E-state index in [1.807, 2.05) is 0 Å². The van der Waals surface area contributed by atoms with Gasteiger partial charge in [0, 0.05) is 6.61 Å². The van der Waals surface area contributed by atoms with Crippen LogP contribution in [0.1, 0.15) is 117 Å². The van der Waals surface area contributed by atoms with Gasteiger partial charge in [-0.25, -0.2) is 0 Å². The van der Waals surface area contributed by atoms with Crippen LogP contribution in [0.4, 0.5) is 0 Å².